The van der Waals surface area contributed by atoms with Crippen LogP contribution in [0.5, 0.6) is 0 Å². The minimum absolute atomic E-state index is 0. The van der Waals surface area contributed by atoms with Gasteiger partial charge in [0, 0.05) is 478 Å². The standard InChI is InChI=1S/9Pb.4Rb. The largest absolute Gasteiger partial charge is 0 e. The van der Waals surface area contributed by atoms with Crippen LogP contribution in [0.25, 0.3) is 0 Å². The van der Waals surface area contributed by atoms with Gasteiger partial charge < -0.3 is 0 Å². The smallest absolute Gasteiger partial charge is 0 e. The number of hydrogen-bond donors (Lipinski definition) is 0. The summed E-state index contributed by atoms with van der Waals surface area (Å²) in [4.78, 5) is 0. The molecular weight excluding hydrogens is 2210 g/mol. The van der Waals surface area contributed by atoms with E-state index >= 15 is 0 Å². The first kappa shape index (κ1) is 89.7. The SMILES string of the molecule is [Pb].[Pb].[Pb].[Pb].[Pb].[Pb].[Pb].[Pb].[Pb].[Rb].[Rb].[Rb].[Rb]. The minimum atomic E-state index is 0. The molecule has 0 saturated carbocycles. The Morgan fingerprint density at radius 3 is 0.154 bits per heavy atom. The summed E-state index contributed by atoms with van der Waals surface area (Å²) in [6.45, 7) is 0. The summed E-state index contributed by atoms with van der Waals surface area (Å²) >= 11 is 0. The molecule has 0 spiro atoms. The Kier molecular flexibility index (Phi) is 554. The maximum absolute atomic E-state index is 0. The minimum Gasteiger partial charge on any atom is 0 e. The molecule has 0 aromatic rings. The van der Waals surface area contributed by atoms with E-state index < -0.39 is 0 Å². The van der Waals surface area contributed by atoms with Gasteiger partial charge in [-0.1, -0.05) is 0 Å². The van der Waals surface area contributed by atoms with Gasteiger partial charge in [0.2, 0.25) is 0 Å². The Morgan fingerprint density at radius 1 is 0.154 bits per heavy atom. The molecule has 0 atom stereocenters. The Morgan fingerprint density at radius 2 is 0.154 bits per heavy atom. The van der Waals surface area contributed by atoms with Gasteiger partial charge in [-0.05, 0) is 0 Å². The van der Waals surface area contributed by atoms with E-state index in [4.69, 9.17) is 0 Å². The van der Waals surface area contributed by atoms with Crippen molar-refractivity contribution in [3.63, 3.8) is 0 Å². The first-order valence-electron chi connectivity index (χ1n) is 0. The van der Waals surface area contributed by atoms with Crippen molar-refractivity contribution < 1.29 is 0 Å². The molecule has 40 radical (unpaired) electrons. The van der Waals surface area contributed by atoms with Crippen LogP contribution in [0.1, 0.15) is 0 Å². The molecule has 13 heteroatoms. The quantitative estimate of drug-likeness (QED) is 0.214. The second-order valence-corrected chi connectivity index (χ2v) is 0. The summed E-state index contributed by atoms with van der Waals surface area (Å²) in [6, 6.07) is 0. The summed E-state index contributed by atoms with van der Waals surface area (Å²) in [6.07, 6.45) is 0. The normalized spacial score (nSPS) is 0. The maximum Gasteiger partial charge on any atom is 0 e. The van der Waals surface area contributed by atoms with E-state index in [1.54, 1.807) is 0 Å². The third kappa shape index (κ3) is 74.4. The second-order valence-electron chi connectivity index (χ2n) is 0. The van der Waals surface area contributed by atoms with E-state index in [9.17, 15) is 0 Å². The van der Waals surface area contributed by atoms with Gasteiger partial charge in [-0.25, -0.2) is 0 Å². The third-order valence-electron chi connectivity index (χ3n) is 0. The van der Waals surface area contributed by atoms with Gasteiger partial charge in [0.1, 0.15) is 0 Å². The van der Waals surface area contributed by atoms with E-state index in [1.807, 2.05) is 0 Å². The second kappa shape index (κ2) is 80.4. The summed E-state index contributed by atoms with van der Waals surface area (Å²) in [5.74, 6) is 0. The Bertz CT molecular complexity index is 11.6. The molecule has 0 nitrogen and oxygen atoms in total. The topological polar surface area (TPSA) is 0 Å². The van der Waals surface area contributed by atoms with E-state index in [0.717, 1.165) is 0 Å². The van der Waals surface area contributed by atoms with Crippen LogP contribution in [0.2, 0.25) is 0 Å². The Labute approximate surface area is 459 Å². The summed E-state index contributed by atoms with van der Waals surface area (Å²) in [7, 11) is 0. The third-order valence-corrected chi connectivity index (χ3v) is 0. The van der Waals surface area contributed by atoms with Crippen molar-refractivity contribution in [2.24, 2.45) is 0 Å². The van der Waals surface area contributed by atoms with Crippen LogP contribution in [0.15, 0.2) is 0 Å². The molecule has 0 aliphatic heterocycles. The van der Waals surface area contributed by atoms with E-state index in [0.29, 0.717) is 0 Å². The van der Waals surface area contributed by atoms with Gasteiger partial charge in [-0.2, -0.15) is 0 Å². The van der Waals surface area contributed by atoms with Crippen LogP contribution in [-0.2, 0) is 0 Å². The van der Waals surface area contributed by atoms with Crippen LogP contribution < -0.4 is 0 Å². The van der Waals surface area contributed by atoms with Crippen LogP contribution in [-0.4, -0.2) is 478 Å². The Hall–Kier alpha value is 15.5. The van der Waals surface area contributed by atoms with Crippen LogP contribution in [0.3, 0.4) is 0 Å². The zero-order valence-electron chi connectivity index (χ0n) is 8.50. The van der Waals surface area contributed by atoms with Crippen molar-refractivity contribution in [3.05, 3.63) is 0 Å². The zero-order chi connectivity index (χ0) is 0. The van der Waals surface area contributed by atoms with Crippen LogP contribution in [0, 0.1) is 0 Å². The predicted octanol–water partition coefficient (Wildman–Crippen LogP) is -4.95. The molecule has 0 aromatic heterocycles. The van der Waals surface area contributed by atoms with Crippen LogP contribution >= 0.6 is 0 Å². The van der Waals surface area contributed by atoms with E-state index in [-0.39, 0.29) is 478 Å². The predicted molar refractivity (Wildman–Crippen MR) is 74.8 cm³/mol. The van der Waals surface area contributed by atoms with Gasteiger partial charge in [-0.3, -0.25) is 0 Å². The van der Waals surface area contributed by atoms with Gasteiger partial charge in [0.15, 0.2) is 0 Å². The molecular formula is Pb9Rb4. The van der Waals surface area contributed by atoms with Crippen molar-refractivity contribution in [1.29, 1.82) is 0 Å². The van der Waals surface area contributed by atoms with Crippen LogP contribution in [0.4, 0.5) is 0 Å². The molecule has 0 heterocycles. The molecule has 0 saturated heterocycles. The molecule has 0 amide bonds. The molecule has 13 heavy (non-hydrogen) atoms. The summed E-state index contributed by atoms with van der Waals surface area (Å²) < 4.78 is 0. The fraction of sp³-hybridized carbons (Fsp3) is 0. The van der Waals surface area contributed by atoms with Crippen molar-refractivity contribution >= 4 is 478 Å². The van der Waals surface area contributed by atoms with E-state index in [1.165, 1.54) is 0 Å². The molecule has 0 N–H and O–H groups in total. The molecule has 0 fully saturated rings. The van der Waals surface area contributed by atoms with Gasteiger partial charge >= 0.3 is 0 Å². The molecule has 40 valence electrons. The first-order valence-corrected chi connectivity index (χ1v) is 0. The molecule has 0 unspecified atom stereocenters. The fourth-order valence-electron chi connectivity index (χ4n) is 0. The number of rotatable bonds is 0. The first-order chi connectivity index (χ1) is 0. The van der Waals surface area contributed by atoms with Crippen molar-refractivity contribution in [3.8, 4) is 0 Å². The average molecular weight is 2210 g/mol. The summed E-state index contributed by atoms with van der Waals surface area (Å²) in [5, 5.41) is 0. The van der Waals surface area contributed by atoms with Gasteiger partial charge in [0.05, 0.1) is 0 Å². The van der Waals surface area contributed by atoms with E-state index in [2.05, 4.69) is 0 Å². The van der Waals surface area contributed by atoms with Crippen molar-refractivity contribution in [2.45, 2.75) is 0 Å². The molecule has 0 aromatic carbocycles. The van der Waals surface area contributed by atoms with Crippen molar-refractivity contribution in [2.75, 3.05) is 0 Å². The molecule has 0 aliphatic rings. The fourth-order valence-corrected chi connectivity index (χ4v) is 0. The molecule has 0 bridgehead atoms. The Balaban J connectivity index is 0. The summed E-state index contributed by atoms with van der Waals surface area (Å²) in [5.41, 5.74) is 0. The zero-order valence-corrected chi connectivity index (χ0v) is 63.2. The van der Waals surface area contributed by atoms with Gasteiger partial charge in [0.25, 0.3) is 0 Å². The average Bonchev–Trinajstić information content (AvgIpc) is 0. The molecule has 0 aliphatic carbocycles. The maximum atomic E-state index is 0. The number of hydrogen-bond acceptors (Lipinski definition) is 0. The molecule has 0 rings (SSSR count). The van der Waals surface area contributed by atoms with Crippen molar-refractivity contribution in [1.82, 2.24) is 0 Å². The van der Waals surface area contributed by atoms with Gasteiger partial charge in [-0.15, -0.1) is 0 Å². The monoisotopic (exact) mass is 2210 g/mol.